The van der Waals surface area contributed by atoms with Gasteiger partial charge in [-0.05, 0) is 30.3 Å². The number of nitrogens with one attached hydrogen (secondary N) is 1. The largest absolute Gasteiger partial charge is 0.355 e. The maximum absolute atomic E-state index is 5.88. The van der Waals surface area contributed by atoms with Crippen LogP contribution in [0.5, 0.6) is 0 Å². The number of benzene rings is 1. The highest BCUT2D eigenvalue weighted by Gasteiger charge is 1.98. The summed E-state index contributed by atoms with van der Waals surface area (Å²) in [5.74, 6) is 0. The Hall–Kier alpha value is -1.25. The number of rotatable bonds is 2. The molecule has 0 aliphatic rings. The number of anilines is 2. The fourth-order valence-corrected chi connectivity index (χ4v) is 1.75. The summed E-state index contributed by atoms with van der Waals surface area (Å²) >= 11 is 11.8. The van der Waals surface area contributed by atoms with Crippen molar-refractivity contribution >= 4 is 34.6 Å². The van der Waals surface area contributed by atoms with E-state index in [1.54, 1.807) is 18.5 Å². The Morgan fingerprint density at radius 3 is 2.07 bits per heavy atom. The van der Waals surface area contributed by atoms with Gasteiger partial charge in [-0.3, -0.25) is 4.98 Å². The van der Waals surface area contributed by atoms with Gasteiger partial charge in [0.05, 0.1) is 0 Å². The summed E-state index contributed by atoms with van der Waals surface area (Å²) in [6.07, 6.45) is 3.43. The van der Waals surface area contributed by atoms with Crippen LogP contribution in [0.15, 0.2) is 42.7 Å². The van der Waals surface area contributed by atoms with Gasteiger partial charge in [-0.2, -0.15) is 0 Å². The molecule has 15 heavy (non-hydrogen) atoms. The van der Waals surface area contributed by atoms with Crippen LogP contribution in [-0.2, 0) is 0 Å². The highest BCUT2D eigenvalue weighted by molar-refractivity contribution is 6.35. The van der Waals surface area contributed by atoms with Crippen LogP contribution in [-0.4, -0.2) is 4.98 Å². The van der Waals surface area contributed by atoms with Crippen LogP contribution in [0.1, 0.15) is 0 Å². The van der Waals surface area contributed by atoms with E-state index in [9.17, 15) is 0 Å². The number of nitrogens with zero attached hydrogens (tertiary/aromatic N) is 1. The highest BCUT2D eigenvalue weighted by atomic mass is 35.5. The molecular formula is C11H8Cl2N2. The third-order valence-electron chi connectivity index (χ3n) is 1.83. The maximum atomic E-state index is 5.88. The first-order valence-electron chi connectivity index (χ1n) is 4.37. The SMILES string of the molecule is Clc1cc(Cl)cc(Nc2ccncc2)c1. The Balaban J connectivity index is 2.25. The van der Waals surface area contributed by atoms with Crippen LogP contribution in [0, 0.1) is 0 Å². The lowest BCUT2D eigenvalue weighted by Crippen LogP contribution is -1.89. The fraction of sp³-hybridized carbons (Fsp3) is 0. The zero-order valence-corrected chi connectivity index (χ0v) is 9.26. The Labute approximate surface area is 97.9 Å². The number of hydrogen-bond donors (Lipinski definition) is 1. The van der Waals surface area contributed by atoms with Crippen molar-refractivity contribution in [2.45, 2.75) is 0 Å². The second-order valence-corrected chi connectivity index (χ2v) is 3.89. The van der Waals surface area contributed by atoms with E-state index in [0.29, 0.717) is 10.0 Å². The number of aromatic nitrogens is 1. The zero-order chi connectivity index (χ0) is 10.7. The fourth-order valence-electron chi connectivity index (χ4n) is 1.23. The van der Waals surface area contributed by atoms with Crippen molar-refractivity contribution in [2.75, 3.05) is 5.32 Å². The molecule has 2 aromatic rings. The lowest BCUT2D eigenvalue weighted by Gasteiger charge is -2.06. The van der Waals surface area contributed by atoms with Crippen LogP contribution in [0.2, 0.25) is 10.0 Å². The van der Waals surface area contributed by atoms with E-state index < -0.39 is 0 Å². The van der Waals surface area contributed by atoms with Crippen molar-refractivity contribution in [3.63, 3.8) is 0 Å². The molecule has 1 aromatic carbocycles. The molecule has 1 aromatic heterocycles. The second-order valence-electron chi connectivity index (χ2n) is 3.02. The summed E-state index contributed by atoms with van der Waals surface area (Å²) in [5.41, 5.74) is 1.81. The third-order valence-corrected chi connectivity index (χ3v) is 2.27. The molecule has 2 nitrogen and oxygen atoms in total. The first-order valence-corrected chi connectivity index (χ1v) is 5.13. The van der Waals surface area contributed by atoms with E-state index in [4.69, 9.17) is 23.2 Å². The summed E-state index contributed by atoms with van der Waals surface area (Å²) in [5, 5.41) is 4.40. The quantitative estimate of drug-likeness (QED) is 0.852. The summed E-state index contributed by atoms with van der Waals surface area (Å²) in [6, 6.07) is 9.06. The van der Waals surface area contributed by atoms with E-state index in [1.165, 1.54) is 0 Å². The molecule has 0 aliphatic carbocycles. The van der Waals surface area contributed by atoms with Gasteiger partial charge < -0.3 is 5.32 Å². The van der Waals surface area contributed by atoms with Gasteiger partial charge in [-0.1, -0.05) is 23.2 Å². The summed E-state index contributed by atoms with van der Waals surface area (Å²) in [7, 11) is 0. The molecule has 0 unspecified atom stereocenters. The van der Waals surface area contributed by atoms with Crippen molar-refractivity contribution in [3.05, 3.63) is 52.8 Å². The molecule has 1 heterocycles. The monoisotopic (exact) mass is 238 g/mol. The Morgan fingerprint density at radius 1 is 0.867 bits per heavy atom. The number of pyridine rings is 1. The van der Waals surface area contributed by atoms with Gasteiger partial charge in [-0.15, -0.1) is 0 Å². The second kappa shape index (κ2) is 4.51. The van der Waals surface area contributed by atoms with Crippen molar-refractivity contribution < 1.29 is 0 Å². The molecule has 1 N–H and O–H groups in total. The lowest BCUT2D eigenvalue weighted by atomic mass is 10.3. The van der Waals surface area contributed by atoms with E-state index in [-0.39, 0.29) is 0 Å². The smallest absolute Gasteiger partial charge is 0.0441 e. The molecule has 76 valence electrons. The minimum atomic E-state index is 0.610. The average Bonchev–Trinajstić information content (AvgIpc) is 2.17. The van der Waals surface area contributed by atoms with Crippen molar-refractivity contribution in [3.8, 4) is 0 Å². The van der Waals surface area contributed by atoms with E-state index in [0.717, 1.165) is 11.4 Å². The summed E-state index contributed by atoms with van der Waals surface area (Å²) in [4.78, 5) is 3.93. The van der Waals surface area contributed by atoms with Gasteiger partial charge in [0.25, 0.3) is 0 Å². The Kier molecular flexibility index (Phi) is 3.09. The standard InChI is InChI=1S/C11H8Cl2N2/c12-8-5-9(13)7-11(6-8)15-10-1-3-14-4-2-10/h1-7H,(H,14,15). The predicted octanol–water partition coefficient (Wildman–Crippen LogP) is 4.13. The molecule has 4 heteroatoms. The van der Waals surface area contributed by atoms with Crippen molar-refractivity contribution in [1.29, 1.82) is 0 Å². The molecule has 0 saturated heterocycles. The van der Waals surface area contributed by atoms with Gasteiger partial charge in [-0.25, -0.2) is 0 Å². The Morgan fingerprint density at radius 2 is 1.47 bits per heavy atom. The minimum Gasteiger partial charge on any atom is -0.355 e. The maximum Gasteiger partial charge on any atom is 0.0441 e. The average molecular weight is 239 g/mol. The minimum absolute atomic E-state index is 0.610. The van der Waals surface area contributed by atoms with Crippen LogP contribution in [0.3, 0.4) is 0 Å². The molecule has 0 amide bonds. The first kappa shape index (κ1) is 10.3. The lowest BCUT2D eigenvalue weighted by molar-refractivity contribution is 1.32. The van der Waals surface area contributed by atoms with Crippen LogP contribution < -0.4 is 5.32 Å². The summed E-state index contributed by atoms with van der Waals surface area (Å²) < 4.78 is 0. The zero-order valence-electron chi connectivity index (χ0n) is 7.74. The molecule has 0 aliphatic heterocycles. The molecular weight excluding hydrogens is 231 g/mol. The topological polar surface area (TPSA) is 24.9 Å². The van der Waals surface area contributed by atoms with E-state index in [2.05, 4.69) is 10.3 Å². The first-order chi connectivity index (χ1) is 7.24. The van der Waals surface area contributed by atoms with Gasteiger partial charge in [0.15, 0.2) is 0 Å². The number of hydrogen-bond acceptors (Lipinski definition) is 2. The molecule has 0 spiro atoms. The Bertz CT molecular complexity index is 437. The molecule has 0 saturated carbocycles. The van der Waals surface area contributed by atoms with Gasteiger partial charge in [0.2, 0.25) is 0 Å². The van der Waals surface area contributed by atoms with Gasteiger partial charge >= 0.3 is 0 Å². The summed E-state index contributed by atoms with van der Waals surface area (Å²) in [6.45, 7) is 0. The van der Waals surface area contributed by atoms with Crippen LogP contribution in [0.25, 0.3) is 0 Å². The van der Waals surface area contributed by atoms with Crippen molar-refractivity contribution in [2.24, 2.45) is 0 Å². The molecule has 2 rings (SSSR count). The normalized spacial score (nSPS) is 10.0. The molecule has 0 atom stereocenters. The van der Waals surface area contributed by atoms with Crippen molar-refractivity contribution in [1.82, 2.24) is 4.98 Å². The molecule has 0 fully saturated rings. The number of halogens is 2. The molecule has 0 bridgehead atoms. The third kappa shape index (κ3) is 2.85. The van der Waals surface area contributed by atoms with Crippen LogP contribution >= 0.6 is 23.2 Å². The molecule has 0 radical (unpaired) electrons. The van der Waals surface area contributed by atoms with Gasteiger partial charge in [0, 0.05) is 33.8 Å². The van der Waals surface area contributed by atoms with Crippen LogP contribution in [0.4, 0.5) is 11.4 Å². The van der Waals surface area contributed by atoms with E-state index >= 15 is 0 Å². The highest BCUT2D eigenvalue weighted by Crippen LogP contribution is 2.24. The predicted molar refractivity (Wildman–Crippen MR) is 64.0 cm³/mol. The van der Waals surface area contributed by atoms with Gasteiger partial charge in [0.1, 0.15) is 0 Å². The van der Waals surface area contributed by atoms with E-state index in [1.807, 2.05) is 24.3 Å².